The van der Waals surface area contributed by atoms with Crippen LogP contribution in [0.4, 0.5) is 34.1 Å². The van der Waals surface area contributed by atoms with Gasteiger partial charge in [-0.3, -0.25) is 0 Å². The molecule has 332 valence electrons. The normalized spacial score (nSPS) is 12.2. The third-order valence-corrected chi connectivity index (χ3v) is 13.7. The average molecular weight is 863 g/mol. The quantitative estimate of drug-likeness (QED) is 0.133. The van der Waals surface area contributed by atoms with Crippen molar-refractivity contribution >= 4 is 66.4 Å². The van der Waals surface area contributed by atoms with E-state index in [0.717, 1.165) is 28.4 Å². The van der Waals surface area contributed by atoms with E-state index >= 15 is 0 Å². The highest BCUT2D eigenvalue weighted by atomic mass is 15.1. The summed E-state index contributed by atoms with van der Waals surface area (Å²) in [7, 11) is 0. The maximum Gasteiger partial charge on any atom is 0.0618 e. The van der Waals surface area contributed by atoms with Crippen LogP contribution in [0.3, 0.4) is 0 Å². The summed E-state index contributed by atoms with van der Waals surface area (Å²) in [4.78, 5) is 4.96. The van der Waals surface area contributed by atoms with Crippen molar-refractivity contribution in [3.63, 3.8) is 0 Å². The zero-order chi connectivity index (χ0) is 46.7. The van der Waals surface area contributed by atoms with Gasteiger partial charge in [-0.15, -0.1) is 0 Å². The van der Waals surface area contributed by atoms with Crippen LogP contribution in [0.2, 0.25) is 0 Å². The molecule has 9 aromatic rings. The summed E-state index contributed by atoms with van der Waals surface area (Å²) in [6.07, 6.45) is 0. The highest BCUT2D eigenvalue weighted by molar-refractivity contribution is 6.25. The molecule has 0 aliphatic heterocycles. The number of benzene rings is 9. The zero-order valence-electron chi connectivity index (χ0n) is 41.2. The van der Waals surface area contributed by atoms with E-state index in [2.05, 4.69) is 263 Å². The Morgan fingerprint density at radius 1 is 0.364 bits per heavy atom. The second kappa shape index (κ2) is 17.3. The van der Waals surface area contributed by atoms with Crippen LogP contribution in [-0.2, 0) is 10.8 Å². The van der Waals surface area contributed by atoms with Crippen molar-refractivity contribution in [2.24, 2.45) is 0 Å². The van der Waals surface area contributed by atoms with Gasteiger partial charge in [-0.1, -0.05) is 183 Å². The Kier molecular flexibility index (Phi) is 11.7. The minimum atomic E-state index is -0.0641. The lowest BCUT2D eigenvalue weighted by Gasteiger charge is -2.32. The molecule has 0 saturated carbocycles. The summed E-state index contributed by atoms with van der Waals surface area (Å²) in [5, 5.41) is 7.39. The number of nitrogens with zero attached hydrogens (tertiary/aromatic N) is 2. The minimum absolute atomic E-state index is 0.0639. The van der Waals surface area contributed by atoms with Crippen molar-refractivity contribution in [2.75, 3.05) is 9.80 Å². The Labute approximate surface area is 394 Å². The molecule has 2 nitrogen and oxygen atoms in total. The molecule has 0 radical (unpaired) electrons. The van der Waals surface area contributed by atoms with Gasteiger partial charge in [-0.05, 0) is 153 Å². The molecule has 0 saturated heterocycles. The molecular weight excluding hydrogens is 797 g/mol. The highest BCUT2D eigenvalue weighted by Crippen LogP contribution is 2.52. The Morgan fingerprint density at radius 2 is 0.788 bits per heavy atom. The van der Waals surface area contributed by atoms with E-state index in [1.165, 1.54) is 82.5 Å². The molecule has 0 aliphatic carbocycles. The SMILES string of the molecule is Cc1ccc(N(c2ccc(C(C)C)cc2)c2ccc(-c3c4cc(C(C)(C)C)ccc4c(N(c4ccc(C)cc4)c4ccc(C(C)C)cc4)c4cc(C(C)(C)C)ccc34)c3ccccc23)cc1. The predicted octanol–water partition coefficient (Wildman–Crippen LogP) is 19.2. The number of anilines is 6. The Balaban J connectivity index is 1.40. The molecule has 9 rings (SSSR count). The molecular formula is C64H66N2. The maximum absolute atomic E-state index is 2.52. The van der Waals surface area contributed by atoms with Crippen LogP contribution in [0.5, 0.6) is 0 Å². The minimum Gasteiger partial charge on any atom is -0.310 e. The summed E-state index contributed by atoms with van der Waals surface area (Å²) >= 11 is 0. The van der Waals surface area contributed by atoms with Crippen LogP contribution >= 0.6 is 0 Å². The van der Waals surface area contributed by atoms with Gasteiger partial charge in [-0.25, -0.2) is 0 Å². The van der Waals surface area contributed by atoms with Crippen LogP contribution in [0.15, 0.2) is 170 Å². The zero-order valence-corrected chi connectivity index (χ0v) is 41.2. The van der Waals surface area contributed by atoms with E-state index in [0.29, 0.717) is 11.8 Å². The van der Waals surface area contributed by atoms with Crippen LogP contribution in [0.25, 0.3) is 43.4 Å². The van der Waals surface area contributed by atoms with Gasteiger partial charge in [-0.2, -0.15) is 0 Å². The molecule has 66 heavy (non-hydrogen) atoms. The first-order valence-electron chi connectivity index (χ1n) is 24.0. The molecule has 0 atom stereocenters. The van der Waals surface area contributed by atoms with Gasteiger partial charge in [0.2, 0.25) is 0 Å². The second-order valence-electron chi connectivity index (χ2n) is 21.3. The largest absolute Gasteiger partial charge is 0.310 e. The van der Waals surface area contributed by atoms with Crippen LogP contribution in [0, 0.1) is 13.8 Å². The van der Waals surface area contributed by atoms with E-state index in [9.17, 15) is 0 Å². The molecule has 0 unspecified atom stereocenters. The van der Waals surface area contributed by atoms with Gasteiger partial charge in [0, 0.05) is 38.9 Å². The topological polar surface area (TPSA) is 6.48 Å². The fourth-order valence-electron chi connectivity index (χ4n) is 9.60. The van der Waals surface area contributed by atoms with Crippen molar-refractivity contribution in [1.82, 2.24) is 0 Å². The number of hydrogen-bond donors (Lipinski definition) is 0. The summed E-state index contributed by atoms with van der Waals surface area (Å²) < 4.78 is 0. The number of rotatable bonds is 9. The van der Waals surface area contributed by atoms with Crippen LogP contribution in [-0.4, -0.2) is 0 Å². The molecule has 2 heteroatoms. The van der Waals surface area contributed by atoms with Crippen molar-refractivity contribution in [3.05, 3.63) is 203 Å². The smallest absolute Gasteiger partial charge is 0.0618 e. The molecule has 0 aromatic heterocycles. The van der Waals surface area contributed by atoms with Gasteiger partial charge < -0.3 is 9.80 Å². The first-order chi connectivity index (χ1) is 31.5. The summed E-state index contributed by atoms with van der Waals surface area (Å²) in [5.41, 5.74) is 17.1. The van der Waals surface area contributed by atoms with Gasteiger partial charge in [0.25, 0.3) is 0 Å². The van der Waals surface area contributed by atoms with Crippen molar-refractivity contribution in [1.29, 1.82) is 0 Å². The third-order valence-electron chi connectivity index (χ3n) is 13.7. The number of fused-ring (bicyclic) bond motifs is 3. The monoisotopic (exact) mass is 863 g/mol. The molecule has 0 bridgehead atoms. The summed E-state index contributed by atoms with van der Waals surface area (Å²) in [6, 6.07) is 64.8. The van der Waals surface area contributed by atoms with Gasteiger partial charge >= 0.3 is 0 Å². The standard InChI is InChI=1S/C64H66N2/c1-41(2)45-21-31-50(32-22-45)65(49-27-17-43(5)18-28-49)60-38-37-55(53-15-13-14-16-54(53)60)61-56-35-25-48(64(10,11)12)40-59(56)62(57-36-26-47(39-58(57)61)63(7,8)9)66(51-29-19-44(6)20-30-51)52-33-23-46(24-34-52)42(3)4/h13-42H,1-12H3. The fraction of sp³-hybridized carbons (Fsp3) is 0.250. The van der Waals surface area contributed by atoms with E-state index in [4.69, 9.17) is 0 Å². The van der Waals surface area contributed by atoms with Gasteiger partial charge in [0.05, 0.1) is 11.4 Å². The molecule has 0 aliphatic rings. The van der Waals surface area contributed by atoms with Crippen LogP contribution in [0.1, 0.15) is 114 Å². The molecule has 0 fully saturated rings. The fourth-order valence-corrected chi connectivity index (χ4v) is 9.60. The van der Waals surface area contributed by atoms with Crippen molar-refractivity contribution in [3.8, 4) is 11.1 Å². The Hall–Kier alpha value is -6.64. The van der Waals surface area contributed by atoms with Crippen molar-refractivity contribution in [2.45, 2.75) is 106 Å². The molecule has 0 spiro atoms. The average Bonchev–Trinajstić information content (AvgIpc) is 3.30. The Bertz CT molecular complexity index is 3190. The van der Waals surface area contributed by atoms with E-state index < -0.39 is 0 Å². The lowest BCUT2D eigenvalue weighted by Crippen LogP contribution is -2.14. The second-order valence-corrected chi connectivity index (χ2v) is 21.3. The first kappa shape index (κ1) is 44.6. The summed E-state index contributed by atoms with van der Waals surface area (Å²) in [5.74, 6) is 0.893. The van der Waals surface area contributed by atoms with E-state index in [1.807, 2.05) is 0 Å². The number of aryl methyl sites for hydroxylation is 2. The van der Waals surface area contributed by atoms with Crippen molar-refractivity contribution < 1.29 is 0 Å². The maximum atomic E-state index is 2.52. The molecule has 0 heterocycles. The van der Waals surface area contributed by atoms with Gasteiger partial charge in [0.1, 0.15) is 0 Å². The highest BCUT2D eigenvalue weighted by Gasteiger charge is 2.27. The van der Waals surface area contributed by atoms with Crippen LogP contribution < -0.4 is 9.80 Å². The lowest BCUT2D eigenvalue weighted by molar-refractivity contribution is 0.590. The Morgan fingerprint density at radius 3 is 1.26 bits per heavy atom. The van der Waals surface area contributed by atoms with Gasteiger partial charge in [0.15, 0.2) is 0 Å². The lowest BCUT2D eigenvalue weighted by atomic mass is 9.80. The molecule has 0 N–H and O–H groups in total. The van der Waals surface area contributed by atoms with E-state index in [1.54, 1.807) is 0 Å². The number of hydrogen-bond acceptors (Lipinski definition) is 2. The molecule has 0 amide bonds. The predicted molar refractivity (Wildman–Crippen MR) is 289 cm³/mol. The third kappa shape index (κ3) is 8.39. The molecule has 9 aromatic carbocycles. The van der Waals surface area contributed by atoms with E-state index in [-0.39, 0.29) is 10.8 Å². The summed E-state index contributed by atoms with van der Waals surface area (Å²) in [6.45, 7) is 27.4. The first-order valence-corrected chi connectivity index (χ1v) is 24.0.